The minimum absolute atomic E-state index is 0.0566. The molecule has 2 aromatic rings. The lowest BCUT2D eigenvalue weighted by molar-refractivity contribution is -0.141. The van der Waals surface area contributed by atoms with Gasteiger partial charge in [-0.1, -0.05) is 60.2 Å². The van der Waals surface area contributed by atoms with E-state index in [4.69, 9.17) is 4.74 Å². The minimum Gasteiger partial charge on any atom is -0.378 e. The zero-order valence-electron chi connectivity index (χ0n) is 16.7. The third-order valence-corrected chi connectivity index (χ3v) is 5.96. The maximum Gasteiger partial charge on any atom is 0.227 e. The molecule has 2 fully saturated rings. The van der Waals surface area contributed by atoms with E-state index in [0.717, 1.165) is 39.1 Å². The van der Waals surface area contributed by atoms with Gasteiger partial charge in [0.1, 0.15) is 0 Å². The summed E-state index contributed by atoms with van der Waals surface area (Å²) in [5.41, 5.74) is 3.95. The summed E-state index contributed by atoms with van der Waals surface area (Å²) in [6.45, 7) is 7.66. The van der Waals surface area contributed by atoms with E-state index in [2.05, 4.69) is 66.4 Å². The number of hydrogen-bond acceptors (Lipinski definition) is 3. The molecule has 2 saturated heterocycles. The average Bonchev–Trinajstić information content (AvgIpc) is 2.74. The zero-order chi connectivity index (χ0) is 19.3. The first-order valence-electron chi connectivity index (χ1n) is 10.4. The average molecular weight is 379 g/mol. The van der Waals surface area contributed by atoms with Gasteiger partial charge in [-0.15, -0.1) is 0 Å². The molecule has 0 bridgehead atoms. The normalized spacial score (nSPS) is 23.5. The molecule has 4 nitrogen and oxygen atoms in total. The van der Waals surface area contributed by atoms with Crippen molar-refractivity contribution in [2.24, 2.45) is 5.92 Å². The van der Waals surface area contributed by atoms with Crippen molar-refractivity contribution in [1.29, 1.82) is 0 Å². The van der Waals surface area contributed by atoms with Gasteiger partial charge in [0.2, 0.25) is 5.91 Å². The van der Waals surface area contributed by atoms with Crippen LogP contribution in [-0.2, 0) is 16.1 Å². The maximum atomic E-state index is 13.2. The highest BCUT2D eigenvalue weighted by Gasteiger charge is 2.35. The van der Waals surface area contributed by atoms with Crippen LogP contribution in [0.15, 0.2) is 54.6 Å². The van der Waals surface area contributed by atoms with Crippen molar-refractivity contribution in [3.63, 3.8) is 0 Å². The number of benzene rings is 2. The van der Waals surface area contributed by atoms with Crippen molar-refractivity contribution in [3.05, 3.63) is 71.3 Å². The van der Waals surface area contributed by atoms with Crippen molar-refractivity contribution in [2.45, 2.75) is 25.8 Å². The Morgan fingerprint density at radius 3 is 2.57 bits per heavy atom. The molecule has 4 heteroatoms. The van der Waals surface area contributed by atoms with Gasteiger partial charge in [0.05, 0.1) is 19.1 Å². The van der Waals surface area contributed by atoms with Crippen LogP contribution in [0.3, 0.4) is 0 Å². The lowest BCUT2D eigenvalue weighted by atomic mass is 9.83. The third-order valence-electron chi connectivity index (χ3n) is 5.96. The van der Waals surface area contributed by atoms with Gasteiger partial charge in [-0.25, -0.2) is 0 Å². The van der Waals surface area contributed by atoms with Crippen molar-refractivity contribution in [1.82, 2.24) is 9.80 Å². The first-order chi connectivity index (χ1) is 13.7. The largest absolute Gasteiger partial charge is 0.378 e. The van der Waals surface area contributed by atoms with E-state index in [1.54, 1.807) is 0 Å². The van der Waals surface area contributed by atoms with E-state index in [1.165, 1.54) is 16.7 Å². The predicted molar refractivity (Wildman–Crippen MR) is 111 cm³/mol. The van der Waals surface area contributed by atoms with Crippen LogP contribution in [0.5, 0.6) is 0 Å². The van der Waals surface area contributed by atoms with Gasteiger partial charge in [-0.3, -0.25) is 9.69 Å². The van der Waals surface area contributed by atoms with Gasteiger partial charge in [0.15, 0.2) is 0 Å². The highest BCUT2D eigenvalue weighted by atomic mass is 16.5. The van der Waals surface area contributed by atoms with Gasteiger partial charge in [-0.2, -0.15) is 0 Å². The van der Waals surface area contributed by atoms with E-state index >= 15 is 0 Å². The molecular weight excluding hydrogens is 348 g/mol. The van der Waals surface area contributed by atoms with Gasteiger partial charge in [0.25, 0.3) is 0 Å². The van der Waals surface area contributed by atoms with Gasteiger partial charge in [0, 0.05) is 32.7 Å². The Bertz CT molecular complexity index is 786. The van der Waals surface area contributed by atoms with E-state index < -0.39 is 0 Å². The standard InChI is InChI=1S/C24H30N2O2/c1-19-6-5-9-21(14-19)22-15-23(24(27)26-10-12-28-13-11-26)18-25(17-22)16-20-7-3-2-4-8-20/h2-9,14,22-23H,10-13,15-18H2,1H3/t22-,23-/m0/s1. The molecule has 0 aliphatic carbocycles. The number of ether oxygens (including phenoxy) is 1. The second-order valence-electron chi connectivity index (χ2n) is 8.16. The molecule has 148 valence electrons. The van der Waals surface area contributed by atoms with E-state index in [0.29, 0.717) is 25.0 Å². The summed E-state index contributed by atoms with van der Waals surface area (Å²) in [4.78, 5) is 17.7. The summed E-state index contributed by atoms with van der Waals surface area (Å²) in [6.07, 6.45) is 0.935. The molecule has 0 aromatic heterocycles. The molecule has 2 aromatic carbocycles. The van der Waals surface area contributed by atoms with Crippen LogP contribution in [0.1, 0.15) is 29.0 Å². The highest BCUT2D eigenvalue weighted by Crippen LogP contribution is 2.32. The Labute approximate surface area is 168 Å². The number of carbonyl (C=O) groups is 1. The molecule has 2 aliphatic rings. The zero-order valence-corrected chi connectivity index (χ0v) is 16.7. The van der Waals surface area contributed by atoms with Gasteiger partial charge >= 0.3 is 0 Å². The fourth-order valence-corrected chi connectivity index (χ4v) is 4.55. The summed E-state index contributed by atoms with van der Waals surface area (Å²) >= 11 is 0. The van der Waals surface area contributed by atoms with Gasteiger partial charge < -0.3 is 9.64 Å². The van der Waals surface area contributed by atoms with Crippen molar-refractivity contribution in [2.75, 3.05) is 39.4 Å². The van der Waals surface area contributed by atoms with Crippen LogP contribution in [0.25, 0.3) is 0 Å². The van der Waals surface area contributed by atoms with Crippen molar-refractivity contribution in [3.8, 4) is 0 Å². The Balaban J connectivity index is 1.54. The Hall–Kier alpha value is -2.17. The monoisotopic (exact) mass is 378 g/mol. The number of piperidine rings is 1. The number of morpholine rings is 1. The summed E-state index contributed by atoms with van der Waals surface area (Å²) in [6, 6.07) is 19.4. The molecule has 1 amide bonds. The topological polar surface area (TPSA) is 32.8 Å². The summed E-state index contributed by atoms with van der Waals surface area (Å²) < 4.78 is 5.44. The van der Waals surface area contributed by atoms with E-state index in [1.807, 2.05) is 4.90 Å². The molecule has 2 aliphatic heterocycles. The summed E-state index contributed by atoms with van der Waals surface area (Å²) in [5.74, 6) is 0.757. The highest BCUT2D eigenvalue weighted by molar-refractivity contribution is 5.79. The quantitative estimate of drug-likeness (QED) is 0.817. The van der Waals surface area contributed by atoms with Gasteiger partial charge in [-0.05, 0) is 30.4 Å². The Morgan fingerprint density at radius 2 is 1.82 bits per heavy atom. The molecule has 2 heterocycles. The molecule has 4 rings (SSSR count). The molecule has 0 radical (unpaired) electrons. The number of likely N-dealkylation sites (tertiary alicyclic amines) is 1. The number of aryl methyl sites for hydroxylation is 1. The maximum absolute atomic E-state index is 13.2. The predicted octanol–water partition coefficient (Wildman–Crippen LogP) is 3.46. The van der Waals surface area contributed by atoms with Crippen LogP contribution in [0, 0.1) is 12.8 Å². The number of amides is 1. The molecular formula is C24H30N2O2. The Kier molecular flexibility index (Phi) is 6.08. The molecule has 0 unspecified atom stereocenters. The number of nitrogens with zero attached hydrogens (tertiary/aromatic N) is 2. The fraction of sp³-hybridized carbons (Fsp3) is 0.458. The molecule has 28 heavy (non-hydrogen) atoms. The van der Waals surface area contributed by atoms with Crippen LogP contribution in [0.2, 0.25) is 0 Å². The van der Waals surface area contributed by atoms with Crippen LogP contribution in [0.4, 0.5) is 0 Å². The number of carbonyl (C=O) groups excluding carboxylic acids is 1. The molecule has 0 N–H and O–H groups in total. The third kappa shape index (κ3) is 4.62. The number of rotatable bonds is 4. The summed E-state index contributed by atoms with van der Waals surface area (Å²) in [5, 5.41) is 0. The Morgan fingerprint density at radius 1 is 1.04 bits per heavy atom. The lowest BCUT2D eigenvalue weighted by Gasteiger charge is -2.40. The summed E-state index contributed by atoms with van der Waals surface area (Å²) in [7, 11) is 0. The first kappa shape index (κ1) is 19.2. The lowest BCUT2D eigenvalue weighted by Crippen LogP contribution is -2.49. The van der Waals surface area contributed by atoms with Crippen molar-refractivity contribution >= 4 is 5.91 Å². The smallest absolute Gasteiger partial charge is 0.227 e. The van der Waals surface area contributed by atoms with Crippen molar-refractivity contribution < 1.29 is 9.53 Å². The molecule has 0 saturated carbocycles. The van der Waals surface area contributed by atoms with Crippen LogP contribution >= 0.6 is 0 Å². The van der Waals surface area contributed by atoms with Crippen LogP contribution in [-0.4, -0.2) is 55.1 Å². The second kappa shape index (κ2) is 8.89. The SMILES string of the molecule is Cc1cccc([C@H]2C[C@H](C(=O)N3CCOCC3)CN(Cc3ccccc3)C2)c1. The molecule has 2 atom stereocenters. The number of hydrogen-bond donors (Lipinski definition) is 0. The first-order valence-corrected chi connectivity index (χ1v) is 10.4. The minimum atomic E-state index is 0.0566. The fourth-order valence-electron chi connectivity index (χ4n) is 4.55. The van der Waals surface area contributed by atoms with E-state index in [9.17, 15) is 4.79 Å². The van der Waals surface area contributed by atoms with Crippen LogP contribution < -0.4 is 0 Å². The van der Waals surface area contributed by atoms with E-state index in [-0.39, 0.29) is 5.92 Å². The second-order valence-corrected chi connectivity index (χ2v) is 8.16. The molecule has 0 spiro atoms.